The molecule has 0 unspecified atom stereocenters. The maximum atomic E-state index is 13.8. The first-order chi connectivity index (χ1) is 9.69. The molecule has 0 atom stereocenters. The molecule has 0 N–H and O–H groups in total. The average Bonchev–Trinajstić information content (AvgIpc) is 2.93. The molecule has 0 fully saturated rings. The summed E-state index contributed by atoms with van der Waals surface area (Å²) in [5.74, 6) is -0.415. The van der Waals surface area contributed by atoms with Crippen molar-refractivity contribution in [3.05, 3.63) is 69.2 Å². The van der Waals surface area contributed by atoms with Gasteiger partial charge >= 0.3 is 0 Å². The van der Waals surface area contributed by atoms with E-state index >= 15 is 0 Å². The molecule has 0 radical (unpaired) electrons. The zero-order valence-corrected chi connectivity index (χ0v) is 11.2. The Morgan fingerprint density at radius 2 is 2.15 bits per heavy atom. The van der Waals surface area contributed by atoms with Gasteiger partial charge in [-0.15, -0.1) is 11.3 Å². The van der Waals surface area contributed by atoms with Crippen LogP contribution < -0.4 is 5.56 Å². The fourth-order valence-electron chi connectivity index (χ4n) is 2.08. The first-order valence-electron chi connectivity index (χ1n) is 5.94. The van der Waals surface area contributed by atoms with Gasteiger partial charge in [0, 0.05) is 16.5 Å². The average molecular weight is 284 g/mol. The van der Waals surface area contributed by atoms with Crippen LogP contribution in [0, 0.1) is 17.1 Å². The Morgan fingerprint density at radius 3 is 2.95 bits per heavy atom. The highest BCUT2D eigenvalue weighted by molar-refractivity contribution is 7.17. The lowest BCUT2D eigenvalue weighted by molar-refractivity contribution is 0.597. The van der Waals surface area contributed by atoms with E-state index < -0.39 is 5.82 Å². The van der Waals surface area contributed by atoms with Gasteiger partial charge in [-0.2, -0.15) is 5.26 Å². The largest absolute Gasteiger partial charge is 0.310 e. The van der Waals surface area contributed by atoms with Gasteiger partial charge in [0.05, 0.1) is 23.6 Å². The normalized spacial score (nSPS) is 10.6. The number of thiophene rings is 1. The standard InChI is InChI=1S/C15H9FN2OS/c16-13-2-1-10(8-17)7-11(13)9-18-5-3-14-12(15(18)19)4-6-20-14/h1-7H,9H2. The molecule has 0 amide bonds. The molecule has 3 nitrogen and oxygen atoms in total. The monoisotopic (exact) mass is 284 g/mol. The topological polar surface area (TPSA) is 45.8 Å². The molecule has 1 aromatic carbocycles. The minimum atomic E-state index is -0.415. The van der Waals surface area contributed by atoms with Crippen molar-refractivity contribution in [3.8, 4) is 6.07 Å². The summed E-state index contributed by atoms with van der Waals surface area (Å²) in [5.41, 5.74) is 0.567. The third-order valence-electron chi connectivity index (χ3n) is 3.11. The predicted octanol–water partition coefficient (Wildman–Crippen LogP) is 3.12. The summed E-state index contributed by atoms with van der Waals surface area (Å²) in [6.45, 7) is 0.117. The van der Waals surface area contributed by atoms with Gasteiger partial charge in [0.15, 0.2) is 0 Å². The van der Waals surface area contributed by atoms with Crippen LogP contribution in [0.5, 0.6) is 0 Å². The lowest BCUT2D eigenvalue weighted by atomic mass is 10.1. The summed E-state index contributed by atoms with van der Waals surface area (Å²) in [5, 5.41) is 11.3. The molecule has 0 saturated carbocycles. The summed E-state index contributed by atoms with van der Waals surface area (Å²) < 4.78 is 16.1. The van der Waals surface area contributed by atoms with Crippen molar-refractivity contribution in [3.63, 3.8) is 0 Å². The number of pyridine rings is 1. The highest BCUT2D eigenvalue weighted by Gasteiger charge is 2.08. The Hall–Kier alpha value is -2.45. The van der Waals surface area contributed by atoms with E-state index in [2.05, 4.69) is 0 Å². The highest BCUT2D eigenvalue weighted by atomic mass is 32.1. The van der Waals surface area contributed by atoms with Crippen LogP contribution in [0.3, 0.4) is 0 Å². The summed E-state index contributed by atoms with van der Waals surface area (Å²) >= 11 is 1.50. The molecule has 98 valence electrons. The molecule has 3 rings (SSSR count). The smallest absolute Gasteiger partial charge is 0.259 e. The van der Waals surface area contributed by atoms with Gasteiger partial charge in [0.1, 0.15) is 5.82 Å². The molecular weight excluding hydrogens is 275 g/mol. The molecular formula is C15H9FN2OS. The van der Waals surface area contributed by atoms with Gasteiger partial charge in [0.25, 0.3) is 5.56 Å². The van der Waals surface area contributed by atoms with E-state index in [9.17, 15) is 9.18 Å². The van der Waals surface area contributed by atoms with Crippen LogP contribution in [0.4, 0.5) is 4.39 Å². The molecule has 0 spiro atoms. The minimum absolute atomic E-state index is 0.117. The van der Waals surface area contributed by atoms with Crippen LogP contribution in [-0.4, -0.2) is 4.57 Å². The molecule has 0 saturated heterocycles. The molecule has 0 aliphatic rings. The van der Waals surface area contributed by atoms with Crippen molar-refractivity contribution in [2.45, 2.75) is 6.54 Å². The van der Waals surface area contributed by atoms with Gasteiger partial charge in [-0.3, -0.25) is 4.79 Å². The Bertz CT molecular complexity index is 889. The van der Waals surface area contributed by atoms with E-state index in [-0.39, 0.29) is 12.1 Å². The van der Waals surface area contributed by atoms with Crippen LogP contribution in [0.25, 0.3) is 10.1 Å². The second-order valence-electron chi connectivity index (χ2n) is 4.37. The van der Waals surface area contributed by atoms with Crippen molar-refractivity contribution < 1.29 is 4.39 Å². The molecule has 0 aliphatic heterocycles. The van der Waals surface area contributed by atoms with E-state index in [1.807, 2.05) is 17.5 Å². The zero-order chi connectivity index (χ0) is 14.1. The minimum Gasteiger partial charge on any atom is -0.310 e. The lowest BCUT2D eigenvalue weighted by Crippen LogP contribution is -2.20. The molecule has 3 aromatic rings. The summed E-state index contributed by atoms with van der Waals surface area (Å²) in [6.07, 6.45) is 1.65. The van der Waals surface area contributed by atoms with Gasteiger partial charge in [-0.1, -0.05) is 0 Å². The maximum absolute atomic E-state index is 13.8. The third-order valence-corrected chi connectivity index (χ3v) is 3.99. The van der Waals surface area contributed by atoms with Gasteiger partial charge in [-0.25, -0.2) is 4.39 Å². The van der Waals surface area contributed by atoms with Crippen LogP contribution in [0.2, 0.25) is 0 Å². The Kier molecular flexibility index (Phi) is 3.09. The quantitative estimate of drug-likeness (QED) is 0.726. The molecule has 20 heavy (non-hydrogen) atoms. The van der Waals surface area contributed by atoms with E-state index in [0.29, 0.717) is 16.5 Å². The molecule has 5 heteroatoms. The lowest BCUT2D eigenvalue weighted by Gasteiger charge is -2.07. The fraction of sp³-hybridized carbons (Fsp3) is 0.0667. The number of rotatable bonds is 2. The second kappa shape index (κ2) is 4.91. The summed E-state index contributed by atoms with van der Waals surface area (Å²) in [6, 6.07) is 9.72. The zero-order valence-electron chi connectivity index (χ0n) is 10.3. The number of benzene rings is 1. The van der Waals surface area contributed by atoms with Crippen molar-refractivity contribution in [1.29, 1.82) is 5.26 Å². The number of hydrogen-bond acceptors (Lipinski definition) is 3. The van der Waals surface area contributed by atoms with Crippen molar-refractivity contribution in [1.82, 2.24) is 4.57 Å². The number of nitriles is 1. The number of aromatic nitrogens is 1. The molecule has 0 aliphatic carbocycles. The number of halogens is 1. The Balaban J connectivity index is 2.07. The second-order valence-corrected chi connectivity index (χ2v) is 5.31. The maximum Gasteiger partial charge on any atom is 0.259 e. The van der Waals surface area contributed by atoms with Crippen LogP contribution in [-0.2, 0) is 6.54 Å². The third kappa shape index (κ3) is 2.10. The Labute approximate surface area is 118 Å². The van der Waals surface area contributed by atoms with Crippen LogP contribution in [0.1, 0.15) is 11.1 Å². The van der Waals surface area contributed by atoms with Crippen molar-refractivity contribution in [2.75, 3.05) is 0 Å². The number of fused-ring (bicyclic) bond motifs is 1. The van der Waals surface area contributed by atoms with E-state index in [4.69, 9.17) is 5.26 Å². The van der Waals surface area contributed by atoms with Crippen LogP contribution >= 0.6 is 11.3 Å². The first kappa shape index (κ1) is 12.6. The van der Waals surface area contributed by atoms with Crippen LogP contribution in [0.15, 0.2) is 46.7 Å². The van der Waals surface area contributed by atoms with E-state index in [1.54, 1.807) is 12.3 Å². The van der Waals surface area contributed by atoms with Crippen molar-refractivity contribution >= 4 is 21.4 Å². The molecule has 2 heterocycles. The molecule has 2 aromatic heterocycles. The Morgan fingerprint density at radius 1 is 1.30 bits per heavy atom. The van der Waals surface area contributed by atoms with E-state index in [1.165, 1.54) is 34.1 Å². The summed E-state index contributed by atoms with van der Waals surface area (Å²) in [4.78, 5) is 12.2. The SMILES string of the molecule is N#Cc1ccc(F)c(Cn2ccc3sccc3c2=O)c1. The van der Waals surface area contributed by atoms with Gasteiger partial charge < -0.3 is 4.57 Å². The van der Waals surface area contributed by atoms with Crippen molar-refractivity contribution in [2.24, 2.45) is 0 Å². The molecule has 0 bridgehead atoms. The highest BCUT2D eigenvalue weighted by Crippen LogP contribution is 2.17. The van der Waals surface area contributed by atoms with Gasteiger partial charge in [-0.05, 0) is 35.7 Å². The number of hydrogen-bond donors (Lipinski definition) is 0. The summed E-state index contributed by atoms with van der Waals surface area (Å²) in [7, 11) is 0. The van der Waals surface area contributed by atoms with E-state index in [0.717, 1.165) is 4.70 Å². The first-order valence-corrected chi connectivity index (χ1v) is 6.82. The predicted molar refractivity (Wildman–Crippen MR) is 76.3 cm³/mol. The van der Waals surface area contributed by atoms with Gasteiger partial charge in [0.2, 0.25) is 0 Å². The fourth-order valence-corrected chi connectivity index (χ4v) is 2.85. The number of nitrogens with zero attached hydrogens (tertiary/aromatic N) is 2.